The molecule has 23 heavy (non-hydrogen) atoms. The number of aliphatic hydroxyl groups excluding tert-OH is 1. The van der Waals surface area contributed by atoms with E-state index in [0.29, 0.717) is 29.5 Å². The summed E-state index contributed by atoms with van der Waals surface area (Å²) in [6.07, 6.45) is -0.648. The van der Waals surface area contributed by atoms with Gasteiger partial charge in [0.1, 0.15) is 12.4 Å². The van der Waals surface area contributed by atoms with Crippen LogP contribution in [0.5, 0.6) is 5.75 Å². The highest BCUT2D eigenvalue weighted by Gasteiger charge is 2.16. The molecule has 0 aromatic heterocycles. The van der Waals surface area contributed by atoms with Crippen LogP contribution in [0.15, 0.2) is 48.5 Å². The maximum atomic E-state index is 10.3. The van der Waals surface area contributed by atoms with Gasteiger partial charge in [-0.1, -0.05) is 48.0 Å². The van der Waals surface area contributed by atoms with Gasteiger partial charge in [-0.05, 0) is 38.5 Å². The number of hydrogen-bond acceptors (Lipinski definition) is 3. The van der Waals surface area contributed by atoms with Crippen molar-refractivity contribution in [1.82, 2.24) is 5.32 Å². The Morgan fingerprint density at radius 1 is 1.13 bits per heavy atom. The molecule has 0 saturated carbocycles. The quantitative estimate of drug-likeness (QED) is 0.826. The lowest BCUT2D eigenvalue weighted by molar-refractivity contribution is 0.163. The van der Waals surface area contributed by atoms with Gasteiger partial charge in [0, 0.05) is 17.6 Å². The Kier molecular flexibility index (Phi) is 6.05. The van der Waals surface area contributed by atoms with E-state index in [0.717, 1.165) is 5.56 Å². The number of ether oxygens (including phenoxy) is 1. The van der Waals surface area contributed by atoms with Gasteiger partial charge in [-0.25, -0.2) is 0 Å². The molecule has 0 unspecified atom stereocenters. The van der Waals surface area contributed by atoms with Crippen molar-refractivity contribution in [2.24, 2.45) is 0 Å². The Morgan fingerprint density at radius 2 is 1.83 bits per heavy atom. The second-order valence-corrected chi connectivity index (χ2v) is 7.01. The van der Waals surface area contributed by atoms with Crippen LogP contribution in [0.3, 0.4) is 0 Å². The highest BCUT2D eigenvalue weighted by molar-refractivity contribution is 6.31. The van der Waals surface area contributed by atoms with E-state index in [1.165, 1.54) is 0 Å². The highest BCUT2D eigenvalue weighted by Crippen LogP contribution is 2.28. The first-order valence-electron chi connectivity index (χ1n) is 7.74. The number of nitrogens with one attached hydrogen (secondary N) is 1. The number of aliphatic hydroxyl groups is 1. The summed E-state index contributed by atoms with van der Waals surface area (Å²) in [6, 6.07) is 15.4. The van der Waals surface area contributed by atoms with E-state index in [-0.39, 0.29) is 5.54 Å². The van der Waals surface area contributed by atoms with Crippen LogP contribution in [0.1, 0.15) is 38.0 Å². The van der Waals surface area contributed by atoms with Crippen molar-refractivity contribution in [1.29, 1.82) is 0 Å². The molecule has 1 atom stereocenters. The molecule has 3 nitrogen and oxygen atoms in total. The number of rotatable bonds is 6. The molecule has 0 bridgehead atoms. The average molecular weight is 334 g/mol. The van der Waals surface area contributed by atoms with Crippen LogP contribution in [-0.2, 0) is 6.61 Å². The van der Waals surface area contributed by atoms with Crippen LogP contribution in [-0.4, -0.2) is 17.2 Å². The predicted octanol–water partition coefficient (Wildman–Crippen LogP) is 4.34. The van der Waals surface area contributed by atoms with Gasteiger partial charge in [-0.2, -0.15) is 0 Å². The summed E-state index contributed by atoms with van der Waals surface area (Å²) >= 11 is 6.29. The fraction of sp³-hybridized carbons (Fsp3) is 0.368. The summed E-state index contributed by atoms with van der Waals surface area (Å²) in [6.45, 7) is 7.11. The van der Waals surface area contributed by atoms with E-state index in [4.69, 9.17) is 16.3 Å². The van der Waals surface area contributed by atoms with Crippen LogP contribution in [0.2, 0.25) is 5.02 Å². The minimum atomic E-state index is -0.648. The van der Waals surface area contributed by atoms with Gasteiger partial charge in [-0.3, -0.25) is 0 Å². The smallest absolute Gasteiger partial charge is 0.121 e. The van der Waals surface area contributed by atoms with Gasteiger partial charge in [0.25, 0.3) is 0 Å². The number of hydrogen-bond donors (Lipinski definition) is 2. The summed E-state index contributed by atoms with van der Waals surface area (Å²) in [5.41, 5.74) is 1.75. The van der Waals surface area contributed by atoms with Gasteiger partial charge >= 0.3 is 0 Å². The fourth-order valence-corrected chi connectivity index (χ4v) is 2.42. The molecule has 0 saturated heterocycles. The molecule has 2 N–H and O–H groups in total. The van der Waals surface area contributed by atoms with Crippen molar-refractivity contribution in [3.63, 3.8) is 0 Å². The molecule has 0 fully saturated rings. The third-order valence-electron chi connectivity index (χ3n) is 3.40. The van der Waals surface area contributed by atoms with E-state index in [2.05, 4.69) is 26.1 Å². The van der Waals surface area contributed by atoms with Crippen molar-refractivity contribution < 1.29 is 9.84 Å². The van der Waals surface area contributed by atoms with Crippen molar-refractivity contribution in [2.75, 3.05) is 6.54 Å². The van der Waals surface area contributed by atoms with Crippen LogP contribution < -0.4 is 10.1 Å². The van der Waals surface area contributed by atoms with Crippen LogP contribution in [0.4, 0.5) is 0 Å². The molecule has 2 rings (SSSR count). The zero-order valence-electron chi connectivity index (χ0n) is 13.8. The maximum absolute atomic E-state index is 10.3. The third kappa shape index (κ3) is 5.87. The molecule has 124 valence electrons. The topological polar surface area (TPSA) is 41.5 Å². The second-order valence-electron chi connectivity index (χ2n) is 6.60. The Balaban J connectivity index is 1.97. The first-order chi connectivity index (χ1) is 10.8. The Bertz CT molecular complexity index is 623. The molecular weight excluding hydrogens is 310 g/mol. The monoisotopic (exact) mass is 333 g/mol. The van der Waals surface area contributed by atoms with Gasteiger partial charge in [0.15, 0.2) is 0 Å². The van der Waals surface area contributed by atoms with Gasteiger partial charge in [-0.15, -0.1) is 0 Å². The summed E-state index contributed by atoms with van der Waals surface area (Å²) < 4.78 is 5.74. The standard InChI is InChI=1S/C19H24ClNO2/c1-19(2,3)21-12-18(22)16-10-9-15(11-17(16)20)23-13-14-7-5-4-6-8-14/h4-11,18,21-22H,12-13H2,1-3H3/t18-/m1/s1. The Labute approximate surface area is 143 Å². The molecule has 0 spiro atoms. The molecule has 0 heterocycles. The van der Waals surface area contributed by atoms with E-state index < -0.39 is 6.10 Å². The molecular formula is C19H24ClNO2. The second kappa shape index (κ2) is 7.82. The van der Waals surface area contributed by atoms with Gasteiger partial charge in [0.2, 0.25) is 0 Å². The fourth-order valence-electron chi connectivity index (χ4n) is 2.12. The first-order valence-corrected chi connectivity index (χ1v) is 8.12. The number of benzene rings is 2. The van der Waals surface area contributed by atoms with E-state index >= 15 is 0 Å². The maximum Gasteiger partial charge on any atom is 0.121 e. The molecule has 2 aromatic carbocycles. The molecule has 0 aliphatic carbocycles. The zero-order valence-corrected chi connectivity index (χ0v) is 14.6. The van der Waals surface area contributed by atoms with Crippen molar-refractivity contribution in [3.05, 3.63) is 64.7 Å². The molecule has 0 amide bonds. The van der Waals surface area contributed by atoms with E-state index in [9.17, 15) is 5.11 Å². The molecule has 2 aromatic rings. The van der Waals surface area contributed by atoms with Crippen molar-refractivity contribution >= 4 is 11.6 Å². The Morgan fingerprint density at radius 3 is 2.43 bits per heavy atom. The molecule has 4 heteroatoms. The Hall–Kier alpha value is -1.55. The third-order valence-corrected chi connectivity index (χ3v) is 3.73. The highest BCUT2D eigenvalue weighted by atomic mass is 35.5. The summed E-state index contributed by atoms with van der Waals surface area (Å²) in [5, 5.41) is 14.1. The van der Waals surface area contributed by atoms with Crippen molar-refractivity contribution in [2.45, 2.75) is 39.0 Å². The molecule has 0 aliphatic rings. The predicted molar refractivity (Wildman–Crippen MR) is 94.9 cm³/mol. The van der Waals surface area contributed by atoms with Crippen LogP contribution in [0.25, 0.3) is 0 Å². The lowest BCUT2D eigenvalue weighted by Gasteiger charge is -2.23. The van der Waals surface area contributed by atoms with Crippen LogP contribution >= 0.6 is 11.6 Å². The lowest BCUT2D eigenvalue weighted by atomic mass is 10.1. The SMILES string of the molecule is CC(C)(C)NC[C@@H](O)c1ccc(OCc2ccccc2)cc1Cl. The number of β-amino-alcohol motifs (C(OH)–C–C–N with tert-alkyl or cyclic N) is 1. The summed E-state index contributed by atoms with van der Waals surface area (Å²) in [4.78, 5) is 0. The van der Waals surface area contributed by atoms with Gasteiger partial charge < -0.3 is 15.2 Å². The van der Waals surface area contributed by atoms with Gasteiger partial charge in [0.05, 0.1) is 11.1 Å². The zero-order chi connectivity index (χ0) is 16.9. The molecule has 0 radical (unpaired) electrons. The number of halogens is 1. The van der Waals surface area contributed by atoms with Crippen molar-refractivity contribution in [3.8, 4) is 5.75 Å². The minimum absolute atomic E-state index is 0.0494. The first kappa shape index (κ1) is 17.8. The minimum Gasteiger partial charge on any atom is -0.489 e. The average Bonchev–Trinajstić information content (AvgIpc) is 2.51. The molecule has 0 aliphatic heterocycles. The summed E-state index contributed by atoms with van der Waals surface area (Å²) in [5.74, 6) is 0.693. The summed E-state index contributed by atoms with van der Waals surface area (Å²) in [7, 11) is 0. The largest absolute Gasteiger partial charge is 0.489 e. The van der Waals surface area contributed by atoms with E-state index in [1.54, 1.807) is 6.07 Å². The normalized spacial score (nSPS) is 12.9. The van der Waals surface area contributed by atoms with Crippen LogP contribution in [0, 0.1) is 0 Å². The van der Waals surface area contributed by atoms with E-state index in [1.807, 2.05) is 42.5 Å². The lowest BCUT2D eigenvalue weighted by Crippen LogP contribution is -2.38.